The number of amides is 1. The van der Waals surface area contributed by atoms with Crippen LogP contribution in [0.15, 0.2) is 24.3 Å². The zero-order valence-corrected chi connectivity index (χ0v) is 10.6. The van der Waals surface area contributed by atoms with Gasteiger partial charge in [-0.2, -0.15) is 8.78 Å². The van der Waals surface area contributed by atoms with Gasteiger partial charge in [-0.05, 0) is 37.6 Å². The highest BCUT2D eigenvalue weighted by Crippen LogP contribution is 2.21. The van der Waals surface area contributed by atoms with Gasteiger partial charge >= 0.3 is 6.61 Å². The molecule has 1 heterocycles. The molecule has 19 heavy (non-hydrogen) atoms. The molecule has 1 fully saturated rings. The smallest absolute Gasteiger partial charge is 0.387 e. The van der Waals surface area contributed by atoms with Gasteiger partial charge in [-0.15, -0.1) is 0 Å². The SMILES string of the molecule is CC1C(N)CCN1C(=O)c1ccc(OC(F)F)cc1. The number of rotatable bonds is 3. The van der Waals surface area contributed by atoms with Gasteiger partial charge in [-0.25, -0.2) is 0 Å². The summed E-state index contributed by atoms with van der Waals surface area (Å²) in [4.78, 5) is 13.9. The third-order valence-corrected chi connectivity index (χ3v) is 3.40. The van der Waals surface area contributed by atoms with Crippen molar-refractivity contribution in [1.29, 1.82) is 0 Å². The minimum absolute atomic E-state index is 0.00890. The van der Waals surface area contributed by atoms with Crippen LogP contribution in [0.4, 0.5) is 8.78 Å². The average molecular weight is 270 g/mol. The monoisotopic (exact) mass is 270 g/mol. The molecule has 0 radical (unpaired) electrons. The van der Waals surface area contributed by atoms with Gasteiger partial charge in [0.1, 0.15) is 5.75 Å². The van der Waals surface area contributed by atoms with Crippen molar-refractivity contribution in [3.8, 4) is 5.75 Å². The number of halogens is 2. The number of hydrogen-bond acceptors (Lipinski definition) is 3. The Bertz CT molecular complexity index is 450. The maximum atomic E-state index is 12.2. The Morgan fingerprint density at radius 1 is 1.42 bits per heavy atom. The summed E-state index contributed by atoms with van der Waals surface area (Å²) in [7, 11) is 0. The van der Waals surface area contributed by atoms with Gasteiger partial charge in [0, 0.05) is 24.2 Å². The number of likely N-dealkylation sites (tertiary alicyclic amines) is 1. The van der Waals surface area contributed by atoms with Gasteiger partial charge < -0.3 is 15.4 Å². The van der Waals surface area contributed by atoms with Crippen molar-refractivity contribution in [3.63, 3.8) is 0 Å². The maximum absolute atomic E-state index is 12.2. The van der Waals surface area contributed by atoms with Gasteiger partial charge in [-0.1, -0.05) is 0 Å². The number of nitrogens with two attached hydrogens (primary N) is 1. The Balaban J connectivity index is 2.08. The minimum Gasteiger partial charge on any atom is -0.435 e. The molecule has 0 saturated carbocycles. The Hall–Kier alpha value is -1.69. The molecule has 0 bridgehead atoms. The summed E-state index contributed by atoms with van der Waals surface area (Å²) in [6.45, 7) is -0.335. The summed E-state index contributed by atoms with van der Waals surface area (Å²) in [5, 5.41) is 0. The van der Waals surface area contributed by atoms with Crippen LogP contribution in [0.2, 0.25) is 0 Å². The second kappa shape index (κ2) is 5.52. The maximum Gasteiger partial charge on any atom is 0.387 e. The zero-order chi connectivity index (χ0) is 14.0. The summed E-state index contributed by atoms with van der Waals surface area (Å²) in [5.41, 5.74) is 6.31. The Morgan fingerprint density at radius 2 is 2.05 bits per heavy atom. The summed E-state index contributed by atoms with van der Waals surface area (Å²) in [6, 6.07) is 5.67. The average Bonchev–Trinajstić information content (AvgIpc) is 2.69. The van der Waals surface area contributed by atoms with Crippen LogP contribution in [-0.2, 0) is 0 Å². The molecule has 4 nitrogen and oxygen atoms in total. The number of alkyl halides is 2. The quantitative estimate of drug-likeness (QED) is 0.912. The van der Waals surface area contributed by atoms with Crippen molar-refractivity contribution in [2.24, 2.45) is 5.73 Å². The molecule has 1 aliphatic heterocycles. The first kappa shape index (κ1) is 13.7. The normalized spacial score (nSPS) is 22.9. The molecule has 1 aromatic rings. The molecule has 1 amide bonds. The van der Waals surface area contributed by atoms with Crippen molar-refractivity contribution < 1.29 is 18.3 Å². The van der Waals surface area contributed by atoms with Crippen LogP contribution in [0, 0.1) is 0 Å². The molecule has 0 spiro atoms. The topological polar surface area (TPSA) is 55.6 Å². The Morgan fingerprint density at radius 3 is 2.53 bits per heavy atom. The molecule has 2 atom stereocenters. The largest absolute Gasteiger partial charge is 0.435 e. The Kier molecular flexibility index (Phi) is 3.99. The van der Waals surface area contributed by atoms with E-state index >= 15 is 0 Å². The van der Waals surface area contributed by atoms with Crippen molar-refractivity contribution in [3.05, 3.63) is 29.8 Å². The molecule has 2 rings (SSSR count). The van der Waals surface area contributed by atoms with Crippen LogP contribution in [0.5, 0.6) is 5.75 Å². The van der Waals surface area contributed by atoms with Gasteiger partial charge in [0.05, 0.1) is 0 Å². The van der Waals surface area contributed by atoms with Crippen molar-refractivity contribution in [1.82, 2.24) is 4.90 Å². The van der Waals surface area contributed by atoms with E-state index < -0.39 is 6.61 Å². The highest BCUT2D eigenvalue weighted by Gasteiger charge is 2.31. The van der Waals surface area contributed by atoms with E-state index in [1.165, 1.54) is 24.3 Å². The van der Waals surface area contributed by atoms with E-state index in [4.69, 9.17) is 5.73 Å². The second-order valence-electron chi connectivity index (χ2n) is 4.59. The van der Waals surface area contributed by atoms with E-state index in [0.29, 0.717) is 12.1 Å². The fourth-order valence-corrected chi connectivity index (χ4v) is 2.20. The number of carbonyl (C=O) groups is 1. The van der Waals surface area contributed by atoms with Gasteiger partial charge in [0.15, 0.2) is 0 Å². The molecule has 1 saturated heterocycles. The molecular formula is C13H16F2N2O2. The van der Waals surface area contributed by atoms with Crippen LogP contribution in [0.3, 0.4) is 0 Å². The molecule has 0 aromatic heterocycles. The van der Waals surface area contributed by atoms with E-state index in [-0.39, 0.29) is 23.7 Å². The summed E-state index contributed by atoms with van der Waals surface area (Å²) in [5.74, 6) is -0.0956. The lowest BCUT2D eigenvalue weighted by molar-refractivity contribution is -0.0498. The van der Waals surface area contributed by atoms with Crippen molar-refractivity contribution in [2.75, 3.05) is 6.54 Å². The molecule has 2 unspecified atom stereocenters. The van der Waals surface area contributed by atoms with Crippen LogP contribution in [-0.4, -0.2) is 36.0 Å². The van der Waals surface area contributed by atoms with E-state index in [0.717, 1.165) is 6.42 Å². The third kappa shape index (κ3) is 3.01. The number of nitrogens with zero attached hydrogens (tertiary/aromatic N) is 1. The van der Waals surface area contributed by atoms with Gasteiger partial charge in [0.2, 0.25) is 0 Å². The summed E-state index contributed by atoms with van der Waals surface area (Å²) in [6.07, 6.45) is 0.777. The lowest BCUT2D eigenvalue weighted by Crippen LogP contribution is -2.40. The molecule has 1 aliphatic rings. The van der Waals surface area contributed by atoms with Crippen LogP contribution in [0.1, 0.15) is 23.7 Å². The van der Waals surface area contributed by atoms with Crippen LogP contribution in [0.25, 0.3) is 0 Å². The second-order valence-corrected chi connectivity index (χ2v) is 4.59. The molecule has 0 aliphatic carbocycles. The standard InChI is InChI=1S/C13H16F2N2O2/c1-8-11(16)6-7-17(8)12(18)9-2-4-10(5-3-9)19-13(14)15/h2-5,8,11,13H,6-7,16H2,1H3. The van der Waals surface area contributed by atoms with E-state index in [9.17, 15) is 13.6 Å². The predicted molar refractivity (Wildman–Crippen MR) is 66.2 cm³/mol. The first-order chi connectivity index (χ1) is 8.99. The first-order valence-corrected chi connectivity index (χ1v) is 6.10. The third-order valence-electron chi connectivity index (χ3n) is 3.40. The van der Waals surface area contributed by atoms with Gasteiger partial charge in [0.25, 0.3) is 5.91 Å². The van der Waals surface area contributed by atoms with Crippen LogP contribution >= 0.6 is 0 Å². The number of hydrogen-bond donors (Lipinski definition) is 1. The number of carbonyl (C=O) groups excluding carboxylic acids is 1. The van der Waals surface area contributed by atoms with E-state index in [2.05, 4.69) is 4.74 Å². The number of ether oxygens (including phenoxy) is 1. The van der Waals surface area contributed by atoms with E-state index in [1.807, 2.05) is 6.92 Å². The highest BCUT2D eigenvalue weighted by molar-refractivity contribution is 5.94. The minimum atomic E-state index is -2.86. The van der Waals surface area contributed by atoms with Crippen LogP contribution < -0.4 is 10.5 Å². The summed E-state index contributed by atoms with van der Waals surface area (Å²) < 4.78 is 28.3. The predicted octanol–water partition coefficient (Wildman–Crippen LogP) is 1.85. The fraction of sp³-hybridized carbons (Fsp3) is 0.462. The molecule has 6 heteroatoms. The number of benzene rings is 1. The zero-order valence-electron chi connectivity index (χ0n) is 10.6. The lowest BCUT2D eigenvalue weighted by Gasteiger charge is -2.23. The molecule has 2 N–H and O–H groups in total. The molecular weight excluding hydrogens is 254 g/mol. The Labute approximate surface area is 110 Å². The van der Waals surface area contributed by atoms with E-state index in [1.54, 1.807) is 4.90 Å². The molecule has 1 aromatic carbocycles. The van der Waals surface area contributed by atoms with Gasteiger partial charge in [-0.3, -0.25) is 4.79 Å². The summed E-state index contributed by atoms with van der Waals surface area (Å²) >= 11 is 0. The highest BCUT2D eigenvalue weighted by atomic mass is 19.3. The lowest BCUT2D eigenvalue weighted by atomic mass is 10.1. The van der Waals surface area contributed by atoms with Crippen molar-refractivity contribution in [2.45, 2.75) is 32.0 Å². The first-order valence-electron chi connectivity index (χ1n) is 6.10. The fourth-order valence-electron chi connectivity index (χ4n) is 2.20. The van der Waals surface area contributed by atoms with Crippen molar-refractivity contribution >= 4 is 5.91 Å². The molecule has 104 valence electrons.